The number of esters is 1. The monoisotopic (exact) mass is 285 g/mol. The Morgan fingerprint density at radius 1 is 1.19 bits per heavy atom. The van der Waals surface area contributed by atoms with E-state index in [4.69, 9.17) is 15.2 Å². The Labute approximate surface area is 124 Å². The fraction of sp³-hybridized carbons (Fsp3) is 0.235. The van der Waals surface area contributed by atoms with Crippen molar-refractivity contribution in [2.24, 2.45) is 0 Å². The minimum atomic E-state index is -0.386. The first-order valence-corrected chi connectivity index (χ1v) is 6.68. The second kappa shape index (κ2) is 6.31. The summed E-state index contributed by atoms with van der Waals surface area (Å²) in [7, 11) is 1.60. The molecule has 0 amide bonds. The molecule has 0 radical (unpaired) electrons. The van der Waals surface area contributed by atoms with Crippen molar-refractivity contribution in [1.82, 2.24) is 0 Å². The molecule has 110 valence electrons. The smallest absolute Gasteiger partial charge is 0.338 e. The molecule has 0 spiro atoms. The average Bonchev–Trinajstić information content (AvgIpc) is 2.47. The van der Waals surface area contributed by atoms with Gasteiger partial charge in [0.25, 0.3) is 0 Å². The summed E-state index contributed by atoms with van der Waals surface area (Å²) in [5.74, 6) is 0.320. The van der Waals surface area contributed by atoms with Crippen molar-refractivity contribution in [2.75, 3.05) is 12.8 Å². The van der Waals surface area contributed by atoms with Crippen LogP contribution in [0.4, 0.5) is 5.69 Å². The van der Waals surface area contributed by atoms with Crippen molar-refractivity contribution >= 4 is 11.7 Å². The van der Waals surface area contributed by atoms with Crippen molar-refractivity contribution in [3.05, 3.63) is 58.7 Å². The number of aryl methyl sites for hydroxylation is 1. The van der Waals surface area contributed by atoms with Crippen LogP contribution in [-0.2, 0) is 11.3 Å². The van der Waals surface area contributed by atoms with E-state index in [-0.39, 0.29) is 12.6 Å². The molecular formula is C17H19NO3. The predicted octanol–water partition coefficient (Wildman–Crippen LogP) is 3.25. The number of hydrogen-bond acceptors (Lipinski definition) is 4. The van der Waals surface area contributed by atoms with Crippen LogP contribution in [0, 0.1) is 13.8 Å². The van der Waals surface area contributed by atoms with Gasteiger partial charge in [-0.2, -0.15) is 0 Å². The lowest BCUT2D eigenvalue weighted by atomic mass is 10.1. The zero-order valence-electron chi connectivity index (χ0n) is 12.5. The molecule has 0 heterocycles. The van der Waals surface area contributed by atoms with Gasteiger partial charge in [-0.15, -0.1) is 0 Å². The molecule has 0 aromatic heterocycles. The van der Waals surface area contributed by atoms with Gasteiger partial charge in [0.15, 0.2) is 0 Å². The fourth-order valence-corrected chi connectivity index (χ4v) is 2.12. The van der Waals surface area contributed by atoms with Gasteiger partial charge in [0.1, 0.15) is 12.4 Å². The number of hydrogen-bond donors (Lipinski definition) is 1. The Bertz CT molecular complexity index is 665. The highest BCUT2D eigenvalue weighted by atomic mass is 16.5. The molecule has 21 heavy (non-hydrogen) atoms. The maximum Gasteiger partial charge on any atom is 0.338 e. The minimum absolute atomic E-state index is 0.165. The average molecular weight is 285 g/mol. The first-order valence-electron chi connectivity index (χ1n) is 6.68. The highest BCUT2D eigenvalue weighted by molar-refractivity contribution is 5.92. The first-order chi connectivity index (χ1) is 10.0. The van der Waals surface area contributed by atoms with Gasteiger partial charge in [-0.05, 0) is 43.7 Å². The zero-order chi connectivity index (χ0) is 15.4. The number of carbonyl (C=O) groups excluding carboxylic acids is 1. The van der Waals surface area contributed by atoms with Crippen molar-refractivity contribution in [1.29, 1.82) is 0 Å². The Morgan fingerprint density at radius 2 is 1.95 bits per heavy atom. The summed E-state index contributed by atoms with van der Waals surface area (Å²) < 4.78 is 10.6. The number of ether oxygens (including phenoxy) is 2. The number of nitrogen functional groups attached to an aromatic ring is 1. The van der Waals surface area contributed by atoms with E-state index < -0.39 is 0 Å². The van der Waals surface area contributed by atoms with Crippen LogP contribution >= 0.6 is 0 Å². The van der Waals surface area contributed by atoms with Crippen molar-refractivity contribution in [2.45, 2.75) is 20.5 Å². The summed E-state index contributed by atoms with van der Waals surface area (Å²) in [6, 6.07) is 11.0. The van der Waals surface area contributed by atoms with E-state index in [2.05, 4.69) is 0 Å². The molecule has 2 rings (SSSR count). The molecule has 0 aliphatic heterocycles. The predicted molar refractivity (Wildman–Crippen MR) is 82.4 cm³/mol. The number of rotatable bonds is 4. The Morgan fingerprint density at radius 3 is 2.67 bits per heavy atom. The first kappa shape index (κ1) is 14.9. The molecule has 0 bridgehead atoms. The molecule has 0 saturated heterocycles. The van der Waals surface area contributed by atoms with Gasteiger partial charge >= 0.3 is 5.97 Å². The summed E-state index contributed by atoms with van der Waals surface area (Å²) in [5.41, 5.74) is 9.53. The SMILES string of the molecule is COc1ccc(C)cc1COC(=O)c1cccc(N)c1C. The lowest BCUT2D eigenvalue weighted by molar-refractivity contribution is 0.0469. The summed E-state index contributed by atoms with van der Waals surface area (Å²) in [6.07, 6.45) is 0. The molecule has 0 fully saturated rings. The van der Waals surface area contributed by atoms with E-state index in [9.17, 15) is 4.79 Å². The van der Waals surface area contributed by atoms with E-state index in [0.717, 1.165) is 16.7 Å². The lowest BCUT2D eigenvalue weighted by Gasteiger charge is -2.11. The quantitative estimate of drug-likeness (QED) is 0.692. The van der Waals surface area contributed by atoms with Crippen LogP contribution in [-0.4, -0.2) is 13.1 Å². The third kappa shape index (κ3) is 3.34. The van der Waals surface area contributed by atoms with Crippen LogP contribution in [0.1, 0.15) is 27.0 Å². The van der Waals surface area contributed by atoms with Crippen LogP contribution in [0.25, 0.3) is 0 Å². The van der Waals surface area contributed by atoms with Crippen LogP contribution in [0.3, 0.4) is 0 Å². The van der Waals surface area contributed by atoms with Crippen molar-refractivity contribution < 1.29 is 14.3 Å². The molecule has 0 unspecified atom stereocenters. The van der Waals surface area contributed by atoms with E-state index in [1.807, 2.05) is 25.1 Å². The number of methoxy groups -OCH3 is 1. The molecular weight excluding hydrogens is 266 g/mol. The van der Waals surface area contributed by atoms with Gasteiger partial charge in [-0.1, -0.05) is 17.7 Å². The highest BCUT2D eigenvalue weighted by Crippen LogP contribution is 2.22. The summed E-state index contributed by atoms with van der Waals surface area (Å²) >= 11 is 0. The van der Waals surface area contributed by atoms with Gasteiger partial charge < -0.3 is 15.2 Å². The summed E-state index contributed by atoms with van der Waals surface area (Å²) in [4.78, 5) is 12.2. The number of benzene rings is 2. The fourth-order valence-electron chi connectivity index (χ4n) is 2.12. The van der Waals surface area contributed by atoms with E-state index in [1.54, 1.807) is 32.2 Å². The van der Waals surface area contributed by atoms with Gasteiger partial charge in [-0.3, -0.25) is 0 Å². The minimum Gasteiger partial charge on any atom is -0.496 e. The maximum absolute atomic E-state index is 12.2. The lowest BCUT2D eigenvalue weighted by Crippen LogP contribution is -2.09. The number of anilines is 1. The molecule has 0 atom stereocenters. The number of nitrogens with two attached hydrogens (primary N) is 1. The van der Waals surface area contributed by atoms with E-state index >= 15 is 0 Å². The molecule has 2 aromatic carbocycles. The summed E-state index contributed by atoms with van der Waals surface area (Å²) in [6.45, 7) is 3.95. The van der Waals surface area contributed by atoms with Gasteiger partial charge in [-0.25, -0.2) is 4.79 Å². The summed E-state index contributed by atoms with van der Waals surface area (Å²) in [5, 5.41) is 0. The Balaban J connectivity index is 2.15. The Hall–Kier alpha value is -2.49. The Kier molecular flexibility index (Phi) is 4.48. The zero-order valence-corrected chi connectivity index (χ0v) is 12.5. The van der Waals surface area contributed by atoms with E-state index in [0.29, 0.717) is 17.0 Å². The van der Waals surface area contributed by atoms with Crippen LogP contribution in [0.5, 0.6) is 5.75 Å². The normalized spacial score (nSPS) is 10.2. The van der Waals surface area contributed by atoms with Gasteiger partial charge in [0.05, 0.1) is 12.7 Å². The van der Waals surface area contributed by atoms with Gasteiger partial charge in [0.2, 0.25) is 0 Å². The highest BCUT2D eigenvalue weighted by Gasteiger charge is 2.13. The second-order valence-electron chi connectivity index (χ2n) is 4.91. The topological polar surface area (TPSA) is 61.5 Å². The third-order valence-electron chi connectivity index (χ3n) is 3.39. The molecule has 2 N–H and O–H groups in total. The van der Waals surface area contributed by atoms with Crippen LogP contribution in [0.15, 0.2) is 36.4 Å². The standard InChI is InChI=1S/C17H19NO3/c1-11-7-8-16(20-3)13(9-11)10-21-17(19)14-5-4-6-15(18)12(14)2/h4-9H,10,18H2,1-3H3. The number of carbonyl (C=O) groups is 1. The van der Waals surface area contributed by atoms with Crippen LogP contribution in [0.2, 0.25) is 0 Å². The molecule has 0 saturated carbocycles. The second-order valence-corrected chi connectivity index (χ2v) is 4.91. The molecule has 0 aliphatic carbocycles. The molecule has 2 aromatic rings. The molecule has 4 nitrogen and oxygen atoms in total. The van der Waals surface area contributed by atoms with Gasteiger partial charge in [0, 0.05) is 11.3 Å². The van der Waals surface area contributed by atoms with Crippen LogP contribution < -0.4 is 10.5 Å². The van der Waals surface area contributed by atoms with Crippen molar-refractivity contribution in [3.63, 3.8) is 0 Å². The maximum atomic E-state index is 12.2. The largest absolute Gasteiger partial charge is 0.496 e. The third-order valence-corrected chi connectivity index (χ3v) is 3.39. The van der Waals surface area contributed by atoms with E-state index in [1.165, 1.54) is 0 Å². The molecule has 4 heteroatoms. The van der Waals surface area contributed by atoms with Crippen molar-refractivity contribution in [3.8, 4) is 5.75 Å². The molecule has 0 aliphatic rings.